The number of hydrogen-bond acceptors (Lipinski definition) is 6. The Kier molecular flexibility index (Phi) is 9.54. The number of likely N-dealkylation sites (tertiary alicyclic amines) is 1. The van der Waals surface area contributed by atoms with Crippen molar-refractivity contribution in [2.45, 2.75) is 47.8 Å². The first-order valence-corrected chi connectivity index (χ1v) is 17.3. The molecule has 3 aliphatic heterocycles. The van der Waals surface area contributed by atoms with Crippen LogP contribution in [0.3, 0.4) is 0 Å². The molecule has 3 aromatic rings. The number of aliphatic hydroxyl groups excluding tert-OH is 1. The number of carbonyl (C=O) groups excluding carboxylic acids is 3. The molecule has 1 spiro atoms. The predicted molar refractivity (Wildman–Crippen MR) is 191 cm³/mol. The van der Waals surface area contributed by atoms with Crippen molar-refractivity contribution in [2.24, 2.45) is 11.8 Å². The van der Waals surface area contributed by atoms with Gasteiger partial charge >= 0.3 is 0 Å². The largest absolute Gasteiger partial charge is 0.497 e. The third kappa shape index (κ3) is 5.62. The smallest absolute Gasteiger partial charge is 0.251 e. The number of hydrogen-bond donors (Lipinski definition) is 1. The molecular weight excluding hydrogens is 623 g/mol. The van der Waals surface area contributed by atoms with Gasteiger partial charge in [-0.3, -0.25) is 14.4 Å². The highest BCUT2D eigenvalue weighted by molar-refractivity contribution is 8.02. The first-order chi connectivity index (χ1) is 23.2. The van der Waals surface area contributed by atoms with Crippen molar-refractivity contribution in [3.63, 3.8) is 0 Å². The van der Waals surface area contributed by atoms with Crippen LogP contribution in [-0.2, 0) is 20.8 Å². The van der Waals surface area contributed by atoms with Gasteiger partial charge in [0.25, 0.3) is 5.91 Å². The van der Waals surface area contributed by atoms with Crippen LogP contribution in [0.1, 0.15) is 25.3 Å². The van der Waals surface area contributed by atoms with E-state index in [-0.39, 0.29) is 37.4 Å². The molecule has 8 nitrogen and oxygen atoms in total. The summed E-state index contributed by atoms with van der Waals surface area (Å²) >= 11 is 1.62. The van der Waals surface area contributed by atoms with Gasteiger partial charge in [-0.05, 0) is 68.1 Å². The number of fused-ring (bicyclic) bond motifs is 1. The van der Waals surface area contributed by atoms with Gasteiger partial charge in [-0.25, -0.2) is 0 Å². The molecule has 0 aliphatic carbocycles. The summed E-state index contributed by atoms with van der Waals surface area (Å²) in [7, 11) is 1.59. The monoisotopic (exact) mass is 665 g/mol. The number of methoxy groups -OCH3 is 1. The Bertz CT molecular complexity index is 1670. The highest BCUT2D eigenvalue weighted by atomic mass is 32.2. The molecule has 6 atom stereocenters. The molecule has 2 unspecified atom stereocenters. The molecule has 2 bridgehead atoms. The van der Waals surface area contributed by atoms with Crippen LogP contribution in [0.15, 0.2) is 110 Å². The number of benzene rings is 3. The third-order valence-corrected chi connectivity index (χ3v) is 12.2. The number of nitrogens with zero attached hydrogens (tertiary/aromatic N) is 3. The van der Waals surface area contributed by atoms with Crippen molar-refractivity contribution in [2.75, 3.05) is 36.6 Å². The molecule has 6 rings (SSSR count). The Morgan fingerprint density at radius 2 is 1.52 bits per heavy atom. The zero-order valence-electron chi connectivity index (χ0n) is 27.5. The van der Waals surface area contributed by atoms with Gasteiger partial charge in [0.15, 0.2) is 0 Å². The quantitative estimate of drug-likeness (QED) is 0.242. The van der Waals surface area contributed by atoms with Crippen LogP contribution in [0.2, 0.25) is 0 Å². The van der Waals surface area contributed by atoms with E-state index in [2.05, 4.69) is 20.1 Å². The van der Waals surface area contributed by atoms with Crippen molar-refractivity contribution < 1.29 is 24.2 Å². The van der Waals surface area contributed by atoms with E-state index in [0.29, 0.717) is 30.7 Å². The van der Waals surface area contributed by atoms with Gasteiger partial charge in [0.05, 0.1) is 36.3 Å². The van der Waals surface area contributed by atoms with Gasteiger partial charge < -0.3 is 24.5 Å². The summed E-state index contributed by atoms with van der Waals surface area (Å²) in [5.41, 5.74) is 2.33. The molecule has 3 aliphatic rings. The Morgan fingerprint density at radius 1 is 0.938 bits per heavy atom. The highest BCUT2D eigenvalue weighted by Crippen LogP contribution is 2.72. The Hall–Kier alpha value is -4.34. The average molecular weight is 666 g/mol. The number of anilines is 2. The summed E-state index contributed by atoms with van der Waals surface area (Å²) in [6.45, 7) is 10.1. The van der Waals surface area contributed by atoms with E-state index in [1.165, 1.54) is 0 Å². The fraction of sp³-hybridized carbons (Fsp3) is 0.359. The second kappa shape index (κ2) is 13.6. The van der Waals surface area contributed by atoms with E-state index in [9.17, 15) is 9.90 Å². The SMILES string of the molecule is C=CCN(C(=O)C1N([C@@H](CO)Cc2ccccc2)C(=O)[C@@H]2[C@H](C(=O)N(CC=C)c3ccccc3)[C@]3(C)CCC12S3)c1ccc(OC)cc1. The fourth-order valence-corrected chi connectivity index (χ4v) is 10.5. The lowest BCUT2D eigenvalue weighted by Crippen LogP contribution is -2.58. The molecule has 0 aromatic heterocycles. The van der Waals surface area contributed by atoms with Crippen LogP contribution < -0.4 is 14.5 Å². The lowest BCUT2D eigenvalue weighted by molar-refractivity contribution is -0.142. The molecule has 0 saturated carbocycles. The number of amides is 3. The molecule has 3 heterocycles. The number of rotatable bonds is 13. The van der Waals surface area contributed by atoms with Crippen LogP contribution in [-0.4, -0.2) is 76.1 Å². The molecule has 3 amide bonds. The predicted octanol–water partition coefficient (Wildman–Crippen LogP) is 5.52. The number of carbonyl (C=O) groups is 3. The maximum Gasteiger partial charge on any atom is 0.251 e. The van der Waals surface area contributed by atoms with E-state index >= 15 is 9.59 Å². The second-order valence-electron chi connectivity index (χ2n) is 13.0. The van der Waals surface area contributed by atoms with E-state index < -0.39 is 33.4 Å². The summed E-state index contributed by atoms with van der Waals surface area (Å²) in [5.74, 6) is -1.41. The average Bonchev–Trinajstić information content (AvgIpc) is 3.69. The van der Waals surface area contributed by atoms with Crippen molar-refractivity contribution in [3.05, 3.63) is 116 Å². The topological polar surface area (TPSA) is 90.4 Å². The van der Waals surface area contributed by atoms with Gasteiger partial charge in [0.1, 0.15) is 11.8 Å². The lowest BCUT2D eigenvalue weighted by atomic mass is 9.66. The summed E-state index contributed by atoms with van der Waals surface area (Å²) in [6, 6.07) is 24.8. The highest BCUT2D eigenvalue weighted by Gasteiger charge is 2.78. The van der Waals surface area contributed by atoms with Gasteiger partial charge in [-0.15, -0.1) is 24.9 Å². The summed E-state index contributed by atoms with van der Waals surface area (Å²) in [6.07, 6.45) is 5.02. The summed E-state index contributed by atoms with van der Waals surface area (Å²) < 4.78 is 3.94. The van der Waals surface area contributed by atoms with Crippen LogP contribution in [0.25, 0.3) is 0 Å². The second-order valence-corrected chi connectivity index (χ2v) is 14.9. The van der Waals surface area contributed by atoms with E-state index in [1.807, 2.05) is 72.8 Å². The van der Waals surface area contributed by atoms with Gasteiger partial charge in [0.2, 0.25) is 11.8 Å². The molecular formula is C39H43N3O5S. The van der Waals surface area contributed by atoms with Crippen LogP contribution >= 0.6 is 11.8 Å². The van der Waals surface area contributed by atoms with Crippen LogP contribution in [0.4, 0.5) is 11.4 Å². The Morgan fingerprint density at radius 3 is 2.10 bits per heavy atom. The minimum Gasteiger partial charge on any atom is -0.497 e. The fourth-order valence-electron chi connectivity index (χ4n) is 8.14. The van der Waals surface area contributed by atoms with Crippen molar-refractivity contribution >= 4 is 40.9 Å². The van der Waals surface area contributed by atoms with Crippen molar-refractivity contribution in [1.29, 1.82) is 0 Å². The van der Waals surface area contributed by atoms with E-state index in [0.717, 1.165) is 11.3 Å². The van der Waals surface area contributed by atoms with E-state index in [4.69, 9.17) is 4.74 Å². The van der Waals surface area contributed by atoms with Gasteiger partial charge in [-0.2, -0.15) is 0 Å². The first-order valence-electron chi connectivity index (χ1n) is 16.4. The Labute approximate surface area is 287 Å². The number of ether oxygens (including phenoxy) is 1. The molecule has 3 fully saturated rings. The zero-order valence-corrected chi connectivity index (χ0v) is 28.4. The molecule has 3 saturated heterocycles. The molecule has 0 radical (unpaired) electrons. The maximum atomic E-state index is 15.1. The number of para-hydroxylation sites is 1. The minimum absolute atomic E-state index is 0.147. The van der Waals surface area contributed by atoms with E-state index in [1.54, 1.807) is 57.9 Å². The van der Waals surface area contributed by atoms with Crippen molar-refractivity contribution in [1.82, 2.24) is 4.90 Å². The molecule has 1 N–H and O–H groups in total. The standard InChI is InChI=1S/C39H43N3O5S/c1-5-23-40(28-15-11-8-12-16-28)35(44)32-33-36(45)42(30(26-43)25-27-13-9-7-10-14-27)34(39(33)22-21-38(32,3)48-39)37(46)41(24-6-2)29-17-19-31(47-4)20-18-29/h5-20,30,32-34,43H,1-2,21-26H2,3-4H3/t30-,32-,33+,34?,38+,39?/m1/s1. The van der Waals surface area contributed by atoms with Crippen molar-refractivity contribution in [3.8, 4) is 5.75 Å². The first kappa shape index (κ1) is 33.6. The normalized spacial score (nSPS) is 26.1. The van der Waals surface area contributed by atoms with Crippen LogP contribution in [0, 0.1) is 11.8 Å². The van der Waals surface area contributed by atoms with Gasteiger partial charge in [-0.1, -0.05) is 60.7 Å². The summed E-state index contributed by atoms with van der Waals surface area (Å²) in [5, 5.41) is 10.9. The molecule has 250 valence electrons. The zero-order chi connectivity index (χ0) is 34.1. The maximum absolute atomic E-state index is 15.1. The molecule has 9 heteroatoms. The third-order valence-electron chi connectivity index (χ3n) is 10.2. The minimum atomic E-state index is -0.910. The van der Waals surface area contributed by atoms with Gasteiger partial charge in [0, 0.05) is 29.2 Å². The van der Waals surface area contributed by atoms with Crippen LogP contribution in [0.5, 0.6) is 5.75 Å². The Balaban J connectivity index is 1.47. The molecule has 3 aromatic carbocycles. The summed E-state index contributed by atoms with van der Waals surface area (Å²) in [4.78, 5) is 50.0. The lowest BCUT2D eigenvalue weighted by Gasteiger charge is -2.39. The molecule has 48 heavy (non-hydrogen) atoms. The number of aliphatic hydroxyl groups is 1. The number of thioether (sulfide) groups is 1.